The smallest absolute Gasteiger partial charge is 0.0443 e. The second-order valence-electron chi connectivity index (χ2n) is 4.03. The highest BCUT2D eigenvalue weighted by atomic mass is 79.9. The molecule has 0 saturated heterocycles. The quantitative estimate of drug-likeness (QED) is 0.794. The Morgan fingerprint density at radius 3 is 2.61 bits per heavy atom. The maximum Gasteiger partial charge on any atom is 0.0443 e. The van der Waals surface area contributed by atoms with Crippen molar-refractivity contribution in [2.24, 2.45) is 0 Å². The number of halogens is 1. The number of hydrogen-bond acceptors (Lipinski definition) is 3. The van der Waals surface area contributed by atoms with E-state index in [-0.39, 0.29) is 6.61 Å². The number of aliphatic hydroxyl groups excluding tert-OH is 1. The minimum atomic E-state index is 0.252. The Balaban J connectivity index is 1.95. The van der Waals surface area contributed by atoms with Crippen LogP contribution in [0.5, 0.6) is 0 Å². The topological polar surface area (TPSA) is 32.3 Å². The Labute approximate surface area is 120 Å². The molecule has 0 amide bonds. The molecule has 1 aromatic carbocycles. The Hall–Kier alpha value is -0.680. The van der Waals surface area contributed by atoms with Gasteiger partial charge in [-0.05, 0) is 42.8 Å². The van der Waals surface area contributed by atoms with Gasteiger partial charge in [-0.3, -0.25) is 0 Å². The number of hydrogen-bond donors (Lipinski definition) is 2. The molecule has 2 aromatic rings. The molecule has 0 saturated carbocycles. The van der Waals surface area contributed by atoms with E-state index in [1.165, 1.54) is 15.3 Å². The Kier molecular flexibility index (Phi) is 5.38. The summed E-state index contributed by atoms with van der Waals surface area (Å²) in [6, 6.07) is 12.7. The monoisotopic (exact) mass is 325 g/mol. The number of thiophene rings is 1. The van der Waals surface area contributed by atoms with Gasteiger partial charge in [-0.1, -0.05) is 28.1 Å². The summed E-state index contributed by atoms with van der Waals surface area (Å²) in [6.07, 6.45) is 0.810. The van der Waals surface area contributed by atoms with Crippen LogP contribution in [0.1, 0.15) is 11.3 Å². The van der Waals surface area contributed by atoms with Crippen LogP contribution in [0.2, 0.25) is 0 Å². The minimum absolute atomic E-state index is 0.252. The Morgan fingerprint density at radius 1 is 1.11 bits per heavy atom. The Bertz CT molecular complexity index is 481. The van der Waals surface area contributed by atoms with E-state index < -0.39 is 0 Å². The van der Waals surface area contributed by atoms with E-state index in [4.69, 9.17) is 5.11 Å². The van der Waals surface area contributed by atoms with Crippen LogP contribution in [0, 0.1) is 0 Å². The van der Waals surface area contributed by atoms with Crippen molar-refractivity contribution in [3.05, 3.63) is 45.7 Å². The van der Waals surface area contributed by atoms with Gasteiger partial charge in [0, 0.05) is 27.4 Å². The molecular formula is C14H16BrNOS. The SMILES string of the molecule is OCCCNCc1ccc(-c2ccc(Br)cc2)s1. The fourth-order valence-corrected chi connectivity index (χ4v) is 2.91. The fourth-order valence-electron chi connectivity index (χ4n) is 1.66. The molecule has 0 aliphatic carbocycles. The molecule has 2 rings (SSSR count). The maximum atomic E-state index is 8.70. The molecule has 1 aromatic heterocycles. The molecule has 2 N–H and O–H groups in total. The first-order valence-corrected chi connectivity index (χ1v) is 7.57. The molecule has 0 aliphatic rings. The van der Waals surface area contributed by atoms with Crippen molar-refractivity contribution in [2.45, 2.75) is 13.0 Å². The van der Waals surface area contributed by atoms with Crippen LogP contribution in [-0.2, 0) is 6.54 Å². The van der Waals surface area contributed by atoms with Gasteiger partial charge in [0.2, 0.25) is 0 Å². The summed E-state index contributed by atoms with van der Waals surface area (Å²) in [6.45, 7) is 1.99. The maximum absolute atomic E-state index is 8.70. The fraction of sp³-hybridized carbons (Fsp3) is 0.286. The lowest BCUT2D eigenvalue weighted by Gasteiger charge is -2.00. The molecular weight excluding hydrogens is 310 g/mol. The molecule has 1 heterocycles. The van der Waals surface area contributed by atoms with Gasteiger partial charge < -0.3 is 10.4 Å². The number of rotatable bonds is 6. The summed E-state index contributed by atoms with van der Waals surface area (Å²) in [5.41, 5.74) is 1.25. The first-order chi connectivity index (χ1) is 8.79. The van der Waals surface area contributed by atoms with E-state index in [9.17, 15) is 0 Å². The van der Waals surface area contributed by atoms with E-state index in [1.54, 1.807) is 0 Å². The highest BCUT2D eigenvalue weighted by Gasteiger charge is 2.02. The third kappa shape index (κ3) is 3.92. The summed E-state index contributed by atoms with van der Waals surface area (Å²) in [4.78, 5) is 2.62. The first kappa shape index (κ1) is 13.7. The van der Waals surface area contributed by atoms with E-state index in [2.05, 4.69) is 57.6 Å². The average Bonchev–Trinajstić information content (AvgIpc) is 2.84. The molecule has 0 unspecified atom stereocenters. The summed E-state index contributed by atoms with van der Waals surface area (Å²) in [5, 5.41) is 12.0. The van der Waals surface area contributed by atoms with Crippen LogP contribution in [-0.4, -0.2) is 18.3 Å². The van der Waals surface area contributed by atoms with Crippen molar-refractivity contribution in [1.29, 1.82) is 0 Å². The van der Waals surface area contributed by atoms with Gasteiger partial charge >= 0.3 is 0 Å². The van der Waals surface area contributed by atoms with Gasteiger partial charge in [-0.2, -0.15) is 0 Å². The standard InChI is InChI=1S/C14H16BrNOS/c15-12-4-2-11(3-5-12)14-7-6-13(18-14)10-16-8-1-9-17/h2-7,16-17H,1,8-10H2. The molecule has 96 valence electrons. The van der Waals surface area contributed by atoms with Crippen LogP contribution in [0.4, 0.5) is 0 Å². The van der Waals surface area contributed by atoms with Crippen LogP contribution < -0.4 is 5.32 Å². The highest BCUT2D eigenvalue weighted by molar-refractivity contribution is 9.10. The summed E-state index contributed by atoms with van der Waals surface area (Å²) in [5.74, 6) is 0. The van der Waals surface area contributed by atoms with E-state index in [0.29, 0.717) is 0 Å². The molecule has 18 heavy (non-hydrogen) atoms. The van der Waals surface area contributed by atoms with Crippen LogP contribution in [0.3, 0.4) is 0 Å². The second kappa shape index (κ2) is 7.04. The van der Waals surface area contributed by atoms with E-state index in [0.717, 1.165) is 24.0 Å². The zero-order chi connectivity index (χ0) is 12.8. The van der Waals surface area contributed by atoms with Crippen molar-refractivity contribution >= 4 is 27.3 Å². The predicted molar refractivity (Wildman–Crippen MR) is 80.9 cm³/mol. The minimum Gasteiger partial charge on any atom is -0.396 e. The third-order valence-corrected chi connectivity index (χ3v) is 4.26. The Morgan fingerprint density at radius 2 is 1.89 bits per heavy atom. The van der Waals surface area contributed by atoms with Crippen LogP contribution >= 0.6 is 27.3 Å². The molecule has 2 nitrogen and oxygen atoms in total. The third-order valence-electron chi connectivity index (χ3n) is 2.60. The predicted octanol–water partition coefficient (Wildman–Crippen LogP) is 3.65. The normalized spacial score (nSPS) is 10.8. The van der Waals surface area contributed by atoms with Crippen molar-refractivity contribution in [3.8, 4) is 10.4 Å². The van der Waals surface area contributed by atoms with Crippen LogP contribution in [0.15, 0.2) is 40.9 Å². The molecule has 0 aliphatic heterocycles. The molecule has 4 heteroatoms. The number of benzene rings is 1. The van der Waals surface area contributed by atoms with Crippen molar-refractivity contribution in [2.75, 3.05) is 13.2 Å². The number of aliphatic hydroxyl groups is 1. The molecule has 0 fully saturated rings. The molecule has 0 spiro atoms. The van der Waals surface area contributed by atoms with Crippen molar-refractivity contribution < 1.29 is 5.11 Å². The second-order valence-corrected chi connectivity index (χ2v) is 6.11. The van der Waals surface area contributed by atoms with Gasteiger partial charge in [0.05, 0.1) is 0 Å². The zero-order valence-electron chi connectivity index (χ0n) is 10.0. The summed E-state index contributed by atoms with van der Waals surface area (Å²) >= 11 is 5.25. The summed E-state index contributed by atoms with van der Waals surface area (Å²) < 4.78 is 1.11. The lowest BCUT2D eigenvalue weighted by Crippen LogP contribution is -2.14. The molecule has 0 atom stereocenters. The lowest BCUT2D eigenvalue weighted by atomic mass is 10.2. The van der Waals surface area contributed by atoms with Gasteiger partial charge in [0.25, 0.3) is 0 Å². The van der Waals surface area contributed by atoms with Gasteiger partial charge in [-0.15, -0.1) is 11.3 Å². The van der Waals surface area contributed by atoms with Gasteiger partial charge in [0.1, 0.15) is 0 Å². The summed E-state index contributed by atoms with van der Waals surface area (Å²) in [7, 11) is 0. The first-order valence-electron chi connectivity index (χ1n) is 5.96. The van der Waals surface area contributed by atoms with E-state index in [1.807, 2.05) is 11.3 Å². The highest BCUT2D eigenvalue weighted by Crippen LogP contribution is 2.28. The molecule has 0 radical (unpaired) electrons. The zero-order valence-corrected chi connectivity index (χ0v) is 12.4. The average molecular weight is 326 g/mol. The van der Waals surface area contributed by atoms with Crippen LogP contribution in [0.25, 0.3) is 10.4 Å². The van der Waals surface area contributed by atoms with E-state index >= 15 is 0 Å². The van der Waals surface area contributed by atoms with Crippen molar-refractivity contribution in [1.82, 2.24) is 5.32 Å². The lowest BCUT2D eigenvalue weighted by molar-refractivity contribution is 0.286. The number of nitrogens with one attached hydrogen (secondary N) is 1. The van der Waals surface area contributed by atoms with Gasteiger partial charge in [0.15, 0.2) is 0 Å². The largest absolute Gasteiger partial charge is 0.396 e. The van der Waals surface area contributed by atoms with Gasteiger partial charge in [-0.25, -0.2) is 0 Å². The van der Waals surface area contributed by atoms with Crippen molar-refractivity contribution in [3.63, 3.8) is 0 Å². The molecule has 0 bridgehead atoms.